The molecule has 34 heavy (non-hydrogen) atoms. The van der Waals surface area contributed by atoms with E-state index in [1.54, 1.807) is 0 Å². The lowest BCUT2D eigenvalue weighted by Gasteiger charge is -2.29. The van der Waals surface area contributed by atoms with Crippen molar-refractivity contribution in [2.24, 2.45) is 0 Å². The SMILES string of the molecule is Cc1cc(C)cc(NC2=C(c3ccccc3)C(=O)N(c3ccc(N4CCCCC4)cc3)C2=O)c1. The van der Waals surface area contributed by atoms with E-state index >= 15 is 0 Å². The van der Waals surface area contributed by atoms with E-state index in [1.165, 1.54) is 24.2 Å². The standard InChI is InChI=1S/C29H29N3O2/c1-20-17-21(2)19-23(18-20)30-27-26(22-9-5-3-6-10-22)28(33)32(29(27)34)25-13-11-24(12-14-25)31-15-7-4-8-16-31/h3,5-6,9-14,17-19,30H,4,7-8,15-16H2,1-2H3. The minimum atomic E-state index is -0.339. The molecule has 5 rings (SSSR count). The first-order valence-corrected chi connectivity index (χ1v) is 11.9. The lowest BCUT2D eigenvalue weighted by molar-refractivity contribution is -0.120. The number of anilines is 3. The number of rotatable bonds is 5. The molecule has 0 saturated carbocycles. The number of aryl methyl sites for hydroxylation is 2. The second kappa shape index (κ2) is 9.18. The number of imide groups is 1. The smallest absolute Gasteiger partial charge is 0.282 e. The number of nitrogens with one attached hydrogen (secondary N) is 1. The van der Waals surface area contributed by atoms with Crippen molar-refractivity contribution in [2.75, 3.05) is 28.2 Å². The van der Waals surface area contributed by atoms with Gasteiger partial charge in [-0.05, 0) is 86.2 Å². The van der Waals surface area contributed by atoms with E-state index in [0.29, 0.717) is 17.0 Å². The molecule has 1 saturated heterocycles. The van der Waals surface area contributed by atoms with Crippen molar-refractivity contribution in [3.8, 4) is 0 Å². The number of hydrogen-bond acceptors (Lipinski definition) is 4. The molecule has 0 radical (unpaired) electrons. The summed E-state index contributed by atoms with van der Waals surface area (Å²) in [5.74, 6) is -0.650. The second-order valence-electron chi connectivity index (χ2n) is 9.13. The van der Waals surface area contributed by atoms with Crippen LogP contribution in [0.4, 0.5) is 17.1 Å². The normalized spacial score (nSPS) is 16.4. The third-order valence-corrected chi connectivity index (χ3v) is 6.47. The van der Waals surface area contributed by atoms with Crippen LogP contribution in [0, 0.1) is 13.8 Å². The molecule has 0 aromatic heterocycles. The minimum Gasteiger partial charge on any atom is -0.372 e. The largest absolute Gasteiger partial charge is 0.372 e. The number of amides is 2. The summed E-state index contributed by atoms with van der Waals surface area (Å²) >= 11 is 0. The molecule has 5 heteroatoms. The predicted octanol–water partition coefficient (Wildman–Crippen LogP) is 5.69. The maximum Gasteiger partial charge on any atom is 0.282 e. The Hall–Kier alpha value is -3.86. The topological polar surface area (TPSA) is 52.7 Å². The van der Waals surface area contributed by atoms with E-state index in [1.807, 2.05) is 80.6 Å². The molecule has 3 aromatic carbocycles. The molecule has 1 N–H and O–H groups in total. The van der Waals surface area contributed by atoms with Crippen LogP contribution in [0.2, 0.25) is 0 Å². The Balaban J connectivity index is 1.50. The van der Waals surface area contributed by atoms with E-state index in [9.17, 15) is 9.59 Å². The highest BCUT2D eigenvalue weighted by Gasteiger charge is 2.40. The zero-order valence-electron chi connectivity index (χ0n) is 19.7. The van der Waals surface area contributed by atoms with Crippen LogP contribution in [0.25, 0.3) is 5.57 Å². The van der Waals surface area contributed by atoms with Gasteiger partial charge in [-0.15, -0.1) is 0 Å². The molecule has 5 nitrogen and oxygen atoms in total. The van der Waals surface area contributed by atoms with Gasteiger partial charge in [0.05, 0.1) is 11.3 Å². The molecule has 2 aliphatic rings. The van der Waals surface area contributed by atoms with Gasteiger partial charge in [-0.25, -0.2) is 4.90 Å². The third-order valence-electron chi connectivity index (χ3n) is 6.47. The lowest BCUT2D eigenvalue weighted by Crippen LogP contribution is -2.32. The number of hydrogen-bond donors (Lipinski definition) is 1. The third kappa shape index (κ3) is 4.21. The highest BCUT2D eigenvalue weighted by Crippen LogP contribution is 2.35. The van der Waals surface area contributed by atoms with Gasteiger partial charge in [-0.3, -0.25) is 9.59 Å². The van der Waals surface area contributed by atoms with Crippen LogP contribution < -0.4 is 15.1 Å². The Morgan fingerprint density at radius 3 is 1.97 bits per heavy atom. The molecule has 2 aliphatic heterocycles. The zero-order chi connectivity index (χ0) is 23.7. The van der Waals surface area contributed by atoms with Gasteiger partial charge < -0.3 is 10.2 Å². The van der Waals surface area contributed by atoms with Gasteiger partial charge in [-0.2, -0.15) is 0 Å². The van der Waals surface area contributed by atoms with E-state index < -0.39 is 0 Å². The van der Waals surface area contributed by atoms with Gasteiger partial charge in [-0.1, -0.05) is 36.4 Å². The minimum absolute atomic E-state index is 0.307. The fraction of sp³-hybridized carbons (Fsp3) is 0.241. The van der Waals surface area contributed by atoms with Gasteiger partial charge in [0.15, 0.2) is 0 Å². The maximum atomic E-state index is 13.6. The second-order valence-corrected chi connectivity index (χ2v) is 9.13. The summed E-state index contributed by atoms with van der Waals surface area (Å²) in [6.07, 6.45) is 3.67. The first-order valence-electron chi connectivity index (χ1n) is 11.9. The maximum absolute atomic E-state index is 13.6. The van der Waals surface area contributed by atoms with E-state index in [2.05, 4.69) is 16.3 Å². The first-order chi connectivity index (χ1) is 16.5. The Morgan fingerprint density at radius 2 is 1.32 bits per heavy atom. The van der Waals surface area contributed by atoms with Crippen molar-refractivity contribution in [2.45, 2.75) is 33.1 Å². The van der Waals surface area contributed by atoms with Gasteiger partial charge in [0.2, 0.25) is 0 Å². The highest BCUT2D eigenvalue weighted by molar-refractivity contribution is 6.46. The summed E-state index contributed by atoms with van der Waals surface area (Å²) in [6, 6.07) is 23.2. The van der Waals surface area contributed by atoms with Crippen molar-refractivity contribution >= 4 is 34.4 Å². The summed E-state index contributed by atoms with van der Waals surface area (Å²) in [4.78, 5) is 30.9. The van der Waals surface area contributed by atoms with Crippen molar-refractivity contribution in [3.05, 3.63) is 95.2 Å². The number of nitrogens with zero attached hydrogens (tertiary/aromatic N) is 2. The Labute approximate surface area is 200 Å². The van der Waals surface area contributed by atoms with Gasteiger partial charge in [0.1, 0.15) is 5.70 Å². The van der Waals surface area contributed by atoms with Crippen LogP contribution in [0.3, 0.4) is 0 Å². The summed E-state index contributed by atoms with van der Waals surface area (Å²) in [7, 11) is 0. The summed E-state index contributed by atoms with van der Waals surface area (Å²) in [5.41, 5.74) is 6.11. The van der Waals surface area contributed by atoms with E-state index in [4.69, 9.17) is 0 Å². The number of carbonyl (C=O) groups excluding carboxylic acids is 2. The molecule has 0 unspecified atom stereocenters. The molecule has 0 aliphatic carbocycles. The monoisotopic (exact) mass is 451 g/mol. The van der Waals surface area contributed by atoms with Crippen LogP contribution in [0.1, 0.15) is 36.0 Å². The van der Waals surface area contributed by atoms with Crippen LogP contribution >= 0.6 is 0 Å². The molecule has 0 bridgehead atoms. The van der Waals surface area contributed by atoms with E-state index in [0.717, 1.165) is 41.2 Å². The van der Waals surface area contributed by atoms with E-state index in [-0.39, 0.29) is 11.8 Å². The molecule has 3 aromatic rings. The van der Waals surface area contributed by atoms with Crippen LogP contribution in [0.15, 0.2) is 78.5 Å². The van der Waals surface area contributed by atoms with Crippen LogP contribution in [-0.2, 0) is 9.59 Å². The first kappa shape index (κ1) is 22.0. The van der Waals surface area contributed by atoms with Crippen molar-refractivity contribution in [1.29, 1.82) is 0 Å². The zero-order valence-corrected chi connectivity index (χ0v) is 19.7. The molecule has 2 heterocycles. The van der Waals surface area contributed by atoms with Crippen molar-refractivity contribution < 1.29 is 9.59 Å². The van der Waals surface area contributed by atoms with Crippen LogP contribution in [-0.4, -0.2) is 24.9 Å². The van der Waals surface area contributed by atoms with Gasteiger partial charge in [0.25, 0.3) is 11.8 Å². The summed E-state index contributed by atoms with van der Waals surface area (Å²) in [6.45, 7) is 6.13. The molecule has 172 valence electrons. The van der Waals surface area contributed by atoms with Crippen LogP contribution in [0.5, 0.6) is 0 Å². The quantitative estimate of drug-likeness (QED) is 0.506. The highest BCUT2D eigenvalue weighted by atomic mass is 16.2. The number of benzene rings is 3. The van der Waals surface area contributed by atoms with Gasteiger partial charge in [0, 0.05) is 24.5 Å². The van der Waals surface area contributed by atoms with Crippen molar-refractivity contribution in [1.82, 2.24) is 0 Å². The fourth-order valence-electron chi connectivity index (χ4n) is 4.91. The average Bonchev–Trinajstić information content (AvgIpc) is 3.08. The Bertz CT molecular complexity index is 1240. The molecule has 1 fully saturated rings. The molecular weight excluding hydrogens is 422 g/mol. The molecular formula is C29H29N3O2. The Kier molecular flexibility index (Phi) is 5.93. The number of piperidine rings is 1. The fourth-order valence-corrected chi connectivity index (χ4v) is 4.91. The molecule has 2 amide bonds. The Morgan fingerprint density at radius 1 is 0.706 bits per heavy atom. The average molecular weight is 452 g/mol. The van der Waals surface area contributed by atoms with Crippen molar-refractivity contribution in [3.63, 3.8) is 0 Å². The molecule has 0 spiro atoms. The summed E-state index contributed by atoms with van der Waals surface area (Å²) in [5, 5.41) is 3.27. The summed E-state index contributed by atoms with van der Waals surface area (Å²) < 4.78 is 0. The number of carbonyl (C=O) groups is 2. The molecule has 0 atom stereocenters. The lowest BCUT2D eigenvalue weighted by atomic mass is 10.0. The predicted molar refractivity (Wildman–Crippen MR) is 138 cm³/mol. The van der Waals surface area contributed by atoms with Gasteiger partial charge >= 0.3 is 0 Å².